The molecule has 2 aromatic heterocycles. The molecule has 0 amide bonds. The maximum Gasteiger partial charge on any atom is 0.303 e. The van der Waals surface area contributed by atoms with E-state index in [4.69, 9.17) is 10.2 Å². The number of pyridine rings is 2. The van der Waals surface area contributed by atoms with Gasteiger partial charge in [0.15, 0.2) is 0 Å². The molecule has 0 unspecified atom stereocenters. The Bertz CT molecular complexity index is 547. The Kier molecular flexibility index (Phi) is 9.45. The summed E-state index contributed by atoms with van der Waals surface area (Å²) < 4.78 is 0. The average Bonchev–Trinajstić information content (AvgIpc) is 2.57. The van der Waals surface area contributed by atoms with Gasteiger partial charge in [0.05, 0.1) is 0 Å². The second-order valence-electron chi connectivity index (χ2n) is 5.14. The predicted molar refractivity (Wildman–Crippen MR) is 89.6 cm³/mol. The summed E-state index contributed by atoms with van der Waals surface area (Å²) in [5.74, 6) is -1.49. The topological polar surface area (TPSA) is 100 Å². The number of aryl methyl sites for hydroxylation is 2. The van der Waals surface area contributed by atoms with E-state index < -0.39 is 11.9 Å². The lowest BCUT2D eigenvalue weighted by atomic mass is 10.2. The van der Waals surface area contributed by atoms with Crippen LogP contribution in [-0.4, -0.2) is 32.1 Å². The maximum absolute atomic E-state index is 10.2. The van der Waals surface area contributed by atoms with Crippen molar-refractivity contribution in [3.8, 4) is 0 Å². The van der Waals surface area contributed by atoms with E-state index >= 15 is 0 Å². The number of hydrogen-bond donors (Lipinski definition) is 2. The van der Waals surface area contributed by atoms with Gasteiger partial charge in [0.25, 0.3) is 0 Å². The minimum absolute atomic E-state index is 0.219. The van der Waals surface area contributed by atoms with E-state index in [0.29, 0.717) is 12.8 Å². The second-order valence-corrected chi connectivity index (χ2v) is 5.14. The predicted octanol–water partition coefficient (Wildman–Crippen LogP) is 2.98. The molecule has 0 fully saturated rings. The molecule has 2 aromatic rings. The Labute approximate surface area is 141 Å². The number of carboxylic acids is 2. The summed E-state index contributed by atoms with van der Waals surface area (Å²) in [6.45, 7) is 0. The average molecular weight is 330 g/mol. The van der Waals surface area contributed by atoms with Crippen LogP contribution in [0.2, 0.25) is 0 Å². The van der Waals surface area contributed by atoms with E-state index in [2.05, 4.69) is 9.97 Å². The van der Waals surface area contributed by atoms with Gasteiger partial charge in [-0.2, -0.15) is 0 Å². The van der Waals surface area contributed by atoms with Crippen molar-refractivity contribution < 1.29 is 19.8 Å². The number of carbonyl (C=O) groups is 2. The Hall–Kier alpha value is -2.76. The number of carboxylic acid groups (broad SMARTS) is 2. The third kappa shape index (κ3) is 10.0. The molecule has 2 heterocycles. The Morgan fingerprint density at radius 3 is 1.46 bits per heavy atom. The van der Waals surface area contributed by atoms with E-state index in [1.54, 1.807) is 12.4 Å². The number of hydrogen-bond acceptors (Lipinski definition) is 4. The van der Waals surface area contributed by atoms with Crippen LogP contribution in [0.1, 0.15) is 37.1 Å². The zero-order valence-electron chi connectivity index (χ0n) is 13.5. The number of aliphatic carboxylic acids is 2. The van der Waals surface area contributed by atoms with Gasteiger partial charge in [-0.3, -0.25) is 19.6 Å². The molecule has 0 bridgehead atoms. The highest BCUT2D eigenvalue weighted by atomic mass is 16.4. The Morgan fingerprint density at radius 1 is 0.750 bits per heavy atom. The highest BCUT2D eigenvalue weighted by molar-refractivity contribution is 5.66. The molecule has 2 rings (SSSR count). The van der Waals surface area contributed by atoms with Crippen LogP contribution in [0.5, 0.6) is 0 Å². The van der Waals surface area contributed by atoms with Crippen LogP contribution in [0.3, 0.4) is 0 Å². The third-order valence-corrected chi connectivity index (χ3v) is 3.10. The summed E-state index contributed by atoms with van der Waals surface area (Å²) in [6.07, 6.45) is 6.68. The highest BCUT2D eigenvalue weighted by Gasteiger charge is 1.98. The summed E-state index contributed by atoms with van der Waals surface area (Å²) >= 11 is 0. The lowest BCUT2D eigenvalue weighted by Crippen LogP contribution is -1.96. The van der Waals surface area contributed by atoms with Crippen LogP contribution in [0.15, 0.2) is 48.8 Å². The fraction of sp³-hybridized carbons (Fsp3) is 0.333. The van der Waals surface area contributed by atoms with Crippen LogP contribution < -0.4 is 0 Å². The van der Waals surface area contributed by atoms with Gasteiger partial charge in [-0.15, -0.1) is 0 Å². The third-order valence-electron chi connectivity index (χ3n) is 3.10. The molecule has 0 aromatic carbocycles. The molecule has 0 aliphatic rings. The molecule has 0 aliphatic carbocycles. The van der Waals surface area contributed by atoms with E-state index in [1.165, 1.54) is 0 Å². The van der Waals surface area contributed by atoms with Crippen molar-refractivity contribution in [2.24, 2.45) is 0 Å². The van der Waals surface area contributed by atoms with Gasteiger partial charge in [0.1, 0.15) is 0 Å². The van der Waals surface area contributed by atoms with Crippen LogP contribution in [0.4, 0.5) is 0 Å². The van der Waals surface area contributed by atoms with Crippen LogP contribution in [-0.2, 0) is 22.4 Å². The van der Waals surface area contributed by atoms with Crippen molar-refractivity contribution in [3.63, 3.8) is 0 Å². The molecule has 128 valence electrons. The molecule has 2 N–H and O–H groups in total. The smallest absolute Gasteiger partial charge is 0.303 e. The second kappa shape index (κ2) is 11.8. The van der Waals surface area contributed by atoms with Gasteiger partial charge < -0.3 is 10.2 Å². The van der Waals surface area contributed by atoms with Crippen molar-refractivity contribution in [3.05, 3.63) is 60.2 Å². The van der Waals surface area contributed by atoms with Crippen molar-refractivity contribution in [1.29, 1.82) is 0 Å². The van der Waals surface area contributed by atoms with E-state index in [9.17, 15) is 9.59 Å². The molecular weight excluding hydrogens is 308 g/mol. The minimum Gasteiger partial charge on any atom is -0.481 e. The monoisotopic (exact) mass is 330 g/mol. The molecule has 0 saturated carbocycles. The molecule has 0 atom stereocenters. The van der Waals surface area contributed by atoms with Crippen LogP contribution in [0.25, 0.3) is 0 Å². The van der Waals surface area contributed by atoms with Gasteiger partial charge in [-0.1, -0.05) is 12.1 Å². The van der Waals surface area contributed by atoms with Crippen molar-refractivity contribution in [2.75, 3.05) is 0 Å². The molecule has 6 heteroatoms. The standard InChI is InChI=1S/2C9H11NO2/c2*11-9(12)6-3-5-8-4-1-2-7-10-8/h2*1-2,4,7H,3,5-6H2,(H,11,12). The first kappa shape index (κ1) is 19.3. The Morgan fingerprint density at radius 2 is 1.17 bits per heavy atom. The van der Waals surface area contributed by atoms with E-state index in [0.717, 1.165) is 24.2 Å². The van der Waals surface area contributed by atoms with Crippen LogP contribution >= 0.6 is 0 Å². The lowest BCUT2D eigenvalue weighted by molar-refractivity contribution is -0.138. The zero-order valence-corrected chi connectivity index (χ0v) is 13.5. The fourth-order valence-electron chi connectivity index (χ4n) is 1.93. The number of nitrogens with zero attached hydrogens (tertiary/aromatic N) is 2. The van der Waals surface area contributed by atoms with E-state index in [1.807, 2.05) is 36.4 Å². The summed E-state index contributed by atoms with van der Waals surface area (Å²) in [5.41, 5.74) is 1.91. The fourth-order valence-corrected chi connectivity index (χ4v) is 1.93. The first-order valence-corrected chi connectivity index (χ1v) is 7.81. The summed E-state index contributed by atoms with van der Waals surface area (Å²) in [4.78, 5) is 28.5. The van der Waals surface area contributed by atoms with Gasteiger partial charge in [-0.25, -0.2) is 0 Å². The number of rotatable bonds is 8. The van der Waals surface area contributed by atoms with Gasteiger partial charge in [-0.05, 0) is 49.9 Å². The van der Waals surface area contributed by atoms with Crippen molar-refractivity contribution >= 4 is 11.9 Å². The Balaban J connectivity index is 0.000000240. The van der Waals surface area contributed by atoms with E-state index in [-0.39, 0.29) is 12.8 Å². The normalized spacial score (nSPS) is 9.67. The first-order valence-electron chi connectivity index (χ1n) is 7.81. The molecule has 6 nitrogen and oxygen atoms in total. The number of aromatic nitrogens is 2. The van der Waals surface area contributed by atoms with Gasteiger partial charge >= 0.3 is 11.9 Å². The molecule has 0 spiro atoms. The first-order chi connectivity index (χ1) is 11.6. The minimum atomic E-state index is -0.745. The van der Waals surface area contributed by atoms with Gasteiger partial charge in [0, 0.05) is 36.6 Å². The summed E-state index contributed by atoms with van der Waals surface area (Å²) in [7, 11) is 0. The SMILES string of the molecule is O=C(O)CCCc1ccccn1.O=C(O)CCCc1ccccn1. The maximum atomic E-state index is 10.2. The summed E-state index contributed by atoms with van der Waals surface area (Å²) in [5, 5.41) is 16.7. The van der Waals surface area contributed by atoms with Crippen LogP contribution in [0, 0.1) is 0 Å². The quantitative estimate of drug-likeness (QED) is 0.772. The molecule has 24 heavy (non-hydrogen) atoms. The molecule has 0 radical (unpaired) electrons. The largest absolute Gasteiger partial charge is 0.481 e. The molecule has 0 aliphatic heterocycles. The highest BCUT2D eigenvalue weighted by Crippen LogP contribution is 2.01. The molecule has 0 saturated heterocycles. The lowest BCUT2D eigenvalue weighted by Gasteiger charge is -1.96. The van der Waals surface area contributed by atoms with Crippen molar-refractivity contribution in [2.45, 2.75) is 38.5 Å². The van der Waals surface area contributed by atoms with Gasteiger partial charge in [0.2, 0.25) is 0 Å². The van der Waals surface area contributed by atoms with Crippen molar-refractivity contribution in [1.82, 2.24) is 9.97 Å². The molecular formula is C18H22N2O4. The summed E-state index contributed by atoms with van der Waals surface area (Å²) in [6, 6.07) is 11.3. The zero-order chi connectivity index (χ0) is 17.6.